The number of ether oxygens (including phenoxy) is 2. The van der Waals surface area contributed by atoms with Gasteiger partial charge in [0.15, 0.2) is 0 Å². The molecular formula is C25H26Cl2N2O5S2. The van der Waals surface area contributed by atoms with Crippen molar-refractivity contribution in [1.29, 1.82) is 0 Å². The standard InChI is InChI=1S/C25H26Cl2N2O5S2/c1-33-25(30)20-4-2-18(3-5-20)17-34-22(19-6-8-21(26)9-7-19)16-28-12-14-29(15-13-28)36(31,32)24-11-10-23(27)35-24/h2-11,22H,12-17H2,1H3. The number of hydrogen-bond acceptors (Lipinski definition) is 7. The summed E-state index contributed by atoms with van der Waals surface area (Å²) >= 11 is 13.1. The van der Waals surface area contributed by atoms with Crippen LogP contribution in [0.15, 0.2) is 64.9 Å². The lowest BCUT2D eigenvalue weighted by Gasteiger charge is -2.35. The number of sulfonamides is 1. The number of hydrogen-bond donors (Lipinski definition) is 0. The Morgan fingerprint density at radius 2 is 1.64 bits per heavy atom. The molecule has 3 aromatic rings. The fraction of sp³-hybridized carbons (Fsp3) is 0.320. The largest absolute Gasteiger partial charge is 0.465 e. The van der Waals surface area contributed by atoms with E-state index in [-0.39, 0.29) is 16.3 Å². The molecule has 192 valence electrons. The van der Waals surface area contributed by atoms with E-state index in [2.05, 4.69) is 4.90 Å². The summed E-state index contributed by atoms with van der Waals surface area (Å²) in [5.41, 5.74) is 2.38. The molecule has 4 rings (SSSR count). The molecule has 2 aromatic carbocycles. The third-order valence-electron chi connectivity index (χ3n) is 5.97. The number of thiophene rings is 1. The maximum absolute atomic E-state index is 12.9. The van der Waals surface area contributed by atoms with Gasteiger partial charge in [-0.05, 0) is 47.5 Å². The molecule has 7 nitrogen and oxygen atoms in total. The Balaban J connectivity index is 1.40. The van der Waals surface area contributed by atoms with Crippen molar-refractivity contribution in [2.24, 2.45) is 0 Å². The van der Waals surface area contributed by atoms with E-state index in [0.29, 0.717) is 54.3 Å². The molecule has 1 fully saturated rings. The summed E-state index contributed by atoms with van der Waals surface area (Å²) in [6, 6.07) is 17.8. The third kappa shape index (κ3) is 6.66. The number of halogens is 2. The molecule has 1 saturated heterocycles. The lowest BCUT2D eigenvalue weighted by Crippen LogP contribution is -2.49. The smallest absolute Gasteiger partial charge is 0.337 e. The molecule has 1 aromatic heterocycles. The zero-order valence-electron chi connectivity index (χ0n) is 19.6. The Kier molecular flexibility index (Phi) is 9.05. The first-order valence-electron chi connectivity index (χ1n) is 11.3. The lowest BCUT2D eigenvalue weighted by molar-refractivity contribution is 0.00772. The van der Waals surface area contributed by atoms with Crippen LogP contribution < -0.4 is 0 Å². The molecule has 1 unspecified atom stereocenters. The maximum atomic E-state index is 12.9. The molecular weight excluding hydrogens is 543 g/mol. The minimum atomic E-state index is -3.55. The van der Waals surface area contributed by atoms with Gasteiger partial charge in [0.1, 0.15) is 4.21 Å². The molecule has 1 atom stereocenters. The molecule has 1 aliphatic rings. The highest BCUT2D eigenvalue weighted by Crippen LogP contribution is 2.29. The molecule has 0 spiro atoms. The zero-order chi connectivity index (χ0) is 25.7. The SMILES string of the molecule is COC(=O)c1ccc(COC(CN2CCN(S(=O)(=O)c3ccc(Cl)s3)CC2)c2ccc(Cl)cc2)cc1. The van der Waals surface area contributed by atoms with Gasteiger partial charge in [0.2, 0.25) is 0 Å². The quantitative estimate of drug-likeness (QED) is 0.334. The molecule has 0 bridgehead atoms. The van der Waals surface area contributed by atoms with Gasteiger partial charge in [-0.3, -0.25) is 4.90 Å². The van der Waals surface area contributed by atoms with Gasteiger partial charge in [-0.2, -0.15) is 4.31 Å². The summed E-state index contributed by atoms with van der Waals surface area (Å²) in [5.74, 6) is -0.384. The van der Waals surface area contributed by atoms with Gasteiger partial charge in [0, 0.05) is 37.7 Å². The van der Waals surface area contributed by atoms with Crippen LogP contribution in [0.1, 0.15) is 27.6 Å². The summed E-state index contributed by atoms with van der Waals surface area (Å²) in [6.07, 6.45) is -0.248. The Bertz CT molecular complexity index is 1270. The predicted octanol–water partition coefficient (Wildman–Crippen LogP) is 5.11. The van der Waals surface area contributed by atoms with E-state index in [1.165, 1.54) is 11.4 Å². The van der Waals surface area contributed by atoms with Crippen molar-refractivity contribution >= 4 is 50.5 Å². The second-order valence-electron chi connectivity index (χ2n) is 8.30. The van der Waals surface area contributed by atoms with Crippen molar-refractivity contribution in [3.63, 3.8) is 0 Å². The van der Waals surface area contributed by atoms with Crippen molar-refractivity contribution in [3.05, 3.63) is 86.7 Å². The fourth-order valence-corrected chi connectivity index (χ4v) is 7.12. The average molecular weight is 570 g/mol. The van der Waals surface area contributed by atoms with E-state index in [4.69, 9.17) is 32.7 Å². The van der Waals surface area contributed by atoms with Gasteiger partial charge in [-0.25, -0.2) is 13.2 Å². The van der Waals surface area contributed by atoms with Crippen molar-refractivity contribution in [2.45, 2.75) is 16.9 Å². The third-order valence-corrected chi connectivity index (χ3v) is 9.82. The minimum Gasteiger partial charge on any atom is -0.465 e. The normalized spacial score (nSPS) is 16.1. The topological polar surface area (TPSA) is 76.2 Å². The van der Waals surface area contributed by atoms with Crippen molar-refractivity contribution in [1.82, 2.24) is 9.21 Å². The molecule has 2 heterocycles. The van der Waals surface area contributed by atoms with Gasteiger partial charge >= 0.3 is 5.97 Å². The van der Waals surface area contributed by atoms with Gasteiger partial charge in [0.25, 0.3) is 10.0 Å². The number of methoxy groups -OCH3 is 1. The molecule has 1 aliphatic heterocycles. The Hall–Kier alpha value is -1.98. The minimum absolute atomic E-state index is 0.248. The highest BCUT2D eigenvalue weighted by Gasteiger charge is 2.30. The number of carbonyl (C=O) groups is 1. The first-order valence-corrected chi connectivity index (χ1v) is 14.3. The van der Waals surface area contributed by atoms with Gasteiger partial charge < -0.3 is 9.47 Å². The number of carbonyl (C=O) groups excluding carboxylic acids is 1. The number of piperazine rings is 1. The molecule has 0 saturated carbocycles. The van der Waals surface area contributed by atoms with Crippen LogP contribution in [0.4, 0.5) is 0 Å². The Morgan fingerprint density at radius 3 is 2.22 bits per heavy atom. The summed E-state index contributed by atoms with van der Waals surface area (Å²) in [6.45, 7) is 2.89. The molecule has 11 heteroatoms. The first-order chi connectivity index (χ1) is 17.3. The monoisotopic (exact) mass is 568 g/mol. The van der Waals surface area contributed by atoms with E-state index >= 15 is 0 Å². The number of benzene rings is 2. The van der Waals surface area contributed by atoms with Crippen LogP contribution in [-0.4, -0.2) is 63.4 Å². The van der Waals surface area contributed by atoms with Crippen LogP contribution in [0.2, 0.25) is 9.36 Å². The zero-order valence-corrected chi connectivity index (χ0v) is 22.7. The highest BCUT2D eigenvalue weighted by molar-refractivity contribution is 7.91. The van der Waals surface area contributed by atoms with E-state index in [9.17, 15) is 13.2 Å². The summed E-state index contributed by atoms with van der Waals surface area (Å²) in [5, 5.41) is 0.642. The van der Waals surface area contributed by atoms with E-state index < -0.39 is 10.0 Å². The predicted molar refractivity (Wildman–Crippen MR) is 141 cm³/mol. The lowest BCUT2D eigenvalue weighted by atomic mass is 10.1. The van der Waals surface area contributed by atoms with E-state index in [0.717, 1.165) is 22.5 Å². The highest BCUT2D eigenvalue weighted by atomic mass is 35.5. The second-order valence-corrected chi connectivity index (χ2v) is 12.6. The fourth-order valence-electron chi connectivity index (χ4n) is 3.93. The van der Waals surface area contributed by atoms with E-state index in [1.807, 2.05) is 36.4 Å². The molecule has 0 N–H and O–H groups in total. The number of nitrogens with zero attached hydrogens (tertiary/aromatic N) is 2. The van der Waals surface area contributed by atoms with Gasteiger partial charge in [0.05, 0.1) is 29.7 Å². The van der Waals surface area contributed by atoms with Gasteiger partial charge in [-0.15, -0.1) is 11.3 Å². The van der Waals surface area contributed by atoms with Crippen LogP contribution in [0.5, 0.6) is 0 Å². The maximum Gasteiger partial charge on any atom is 0.337 e. The Morgan fingerprint density at radius 1 is 0.972 bits per heavy atom. The molecule has 36 heavy (non-hydrogen) atoms. The summed E-state index contributed by atoms with van der Waals surface area (Å²) in [4.78, 5) is 13.9. The summed E-state index contributed by atoms with van der Waals surface area (Å²) < 4.78 is 39.1. The first kappa shape index (κ1) is 27.1. The summed E-state index contributed by atoms with van der Waals surface area (Å²) in [7, 11) is -2.20. The van der Waals surface area contributed by atoms with Crippen LogP contribution in [0.3, 0.4) is 0 Å². The Labute approximate surface area is 225 Å². The molecule has 0 aliphatic carbocycles. The van der Waals surface area contributed by atoms with Crippen LogP contribution >= 0.6 is 34.5 Å². The van der Waals surface area contributed by atoms with Crippen molar-refractivity contribution in [3.8, 4) is 0 Å². The number of esters is 1. The van der Waals surface area contributed by atoms with Crippen LogP contribution in [0, 0.1) is 0 Å². The average Bonchev–Trinajstić information content (AvgIpc) is 3.34. The van der Waals surface area contributed by atoms with Crippen LogP contribution in [0.25, 0.3) is 0 Å². The van der Waals surface area contributed by atoms with Crippen molar-refractivity contribution in [2.75, 3.05) is 39.8 Å². The van der Waals surface area contributed by atoms with Crippen molar-refractivity contribution < 1.29 is 22.7 Å². The molecule has 0 amide bonds. The number of rotatable bonds is 9. The molecule has 0 radical (unpaired) electrons. The van der Waals surface area contributed by atoms with Crippen LogP contribution in [-0.2, 0) is 26.1 Å². The van der Waals surface area contributed by atoms with E-state index in [1.54, 1.807) is 24.3 Å². The second kappa shape index (κ2) is 12.0. The van der Waals surface area contributed by atoms with Gasteiger partial charge in [-0.1, -0.05) is 47.5 Å².